The number of hydrogen-bond acceptors (Lipinski definition) is 5. The molecule has 0 aliphatic carbocycles. The highest BCUT2D eigenvalue weighted by atomic mass is 32.2. The van der Waals surface area contributed by atoms with Crippen LogP contribution in [-0.4, -0.2) is 39.0 Å². The zero-order chi connectivity index (χ0) is 15.2. The minimum absolute atomic E-state index is 0.185. The second kappa shape index (κ2) is 7.25. The van der Waals surface area contributed by atoms with Gasteiger partial charge < -0.3 is 15.8 Å². The molecule has 0 heterocycles. The number of benzene rings is 1. The van der Waals surface area contributed by atoms with Crippen molar-refractivity contribution in [1.29, 1.82) is 0 Å². The maximum absolute atomic E-state index is 11.8. The molecule has 6 nitrogen and oxygen atoms in total. The number of methoxy groups -OCH3 is 1. The zero-order valence-electron chi connectivity index (χ0n) is 11.6. The molecule has 0 saturated carbocycles. The van der Waals surface area contributed by atoms with E-state index in [1.807, 2.05) is 0 Å². The molecule has 0 radical (unpaired) electrons. The van der Waals surface area contributed by atoms with Crippen molar-refractivity contribution in [3.8, 4) is 5.75 Å². The maximum Gasteiger partial charge on any atom is 0.239 e. The van der Waals surface area contributed by atoms with Crippen LogP contribution in [0.4, 0.5) is 5.69 Å². The number of sulfone groups is 1. The fourth-order valence-electron chi connectivity index (χ4n) is 1.60. The number of carbonyl (C=O) groups is 1. The molecule has 0 aliphatic rings. The monoisotopic (exact) mass is 300 g/mol. The van der Waals surface area contributed by atoms with Crippen molar-refractivity contribution in [3.05, 3.63) is 24.3 Å². The van der Waals surface area contributed by atoms with E-state index in [2.05, 4.69) is 5.32 Å². The van der Waals surface area contributed by atoms with E-state index in [9.17, 15) is 13.2 Å². The standard InChI is InChI=1S/C13H20N2O4S/c1-3-10(14)8-20(17,18)9-13(16)15-11-5-4-6-12(7-11)19-2/h4-7,10H,3,8-9,14H2,1-2H3,(H,15,16). The van der Waals surface area contributed by atoms with E-state index in [0.29, 0.717) is 17.9 Å². The van der Waals surface area contributed by atoms with Gasteiger partial charge in [-0.05, 0) is 18.6 Å². The Balaban J connectivity index is 2.63. The lowest BCUT2D eigenvalue weighted by molar-refractivity contribution is -0.113. The number of rotatable bonds is 7. The quantitative estimate of drug-likeness (QED) is 0.775. The molecule has 7 heteroatoms. The summed E-state index contributed by atoms with van der Waals surface area (Å²) < 4.78 is 28.5. The van der Waals surface area contributed by atoms with Gasteiger partial charge in [-0.15, -0.1) is 0 Å². The Hall–Kier alpha value is -1.60. The van der Waals surface area contributed by atoms with E-state index in [4.69, 9.17) is 10.5 Å². The molecule has 1 amide bonds. The second-order valence-corrected chi connectivity index (χ2v) is 6.61. The molecule has 0 saturated heterocycles. The smallest absolute Gasteiger partial charge is 0.239 e. The summed E-state index contributed by atoms with van der Waals surface area (Å²) in [6.07, 6.45) is 0.552. The van der Waals surface area contributed by atoms with Crippen molar-refractivity contribution in [1.82, 2.24) is 0 Å². The van der Waals surface area contributed by atoms with Crippen molar-refractivity contribution in [3.63, 3.8) is 0 Å². The lowest BCUT2D eigenvalue weighted by atomic mass is 10.3. The number of nitrogens with one attached hydrogen (secondary N) is 1. The zero-order valence-corrected chi connectivity index (χ0v) is 12.4. The number of amides is 1. The lowest BCUT2D eigenvalue weighted by Gasteiger charge is -2.10. The van der Waals surface area contributed by atoms with Crippen molar-refractivity contribution in [2.24, 2.45) is 5.73 Å². The van der Waals surface area contributed by atoms with Gasteiger partial charge in [0.1, 0.15) is 11.5 Å². The predicted molar refractivity (Wildman–Crippen MR) is 78.5 cm³/mol. The van der Waals surface area contributed by atoms with Crippen LogP contribution in [0.15, 0.2) is 24.3 Å². The fourth-order valence-corrected chi connectivity index (χ4v) is 3.08. The van der Waals surface area contributed by atoms with Crippen molar-refractivity contribution in [2.45, 2.75) is 19.4 Å². The molecule has 1 unspecified atom stereocenters. The third kappa shape index (κ3) is 5.58. The highest BCUT2D eigenvalue weighted by Gasteiger charge is 2.19. The molecule has 0 spiro atoms. The Labute approximate surface area is 119 Å². The van der Waals surface area contributed by atoms with Crippen LogP contribution in [0.2, 0.25) is 0 Å². The molecule has 0 aromatic heterocycles. The molecule has 0 fully saturated rings. The number of hydrogen-bond donors (Lipinski definition) is 2. The van der Waals surface area contributed by atoms with E-state index in [-0.39, 0.29) is 5.75 Å². The molecule has 0 bridgehead atoms. The Morgan fingerprint density at radius 2 is 2.15 bits per heavy atom. The number of carbonyl (C=O) groups excluding carboxylic acids is 1. The Morgan fingerprint density at radius 3 is 2.75 bits per heavy atom. The van der Waals surface area contributed by atoms with Crippen LogP contribution in [0.3, 0.4) is 0 Å². The molecule has 20 heavy (non-hydrogen) atoms. The maximum atomic E-state index is 11.8. The number of nitrogens with two attached hydrogens (primary N) is 1. The van der Waals surface area contributed by atoms with E-state index < -0.39 is 27.5 Å². The topological polar surface area (TPSA) is 98.5 Å². The third-order valence-electron chi connectivity index (χ3n) is 2.70. The molecule has 1 aromatic carbocycles. The predicted octanol–water partition coefficient (Wildman–Crippen LogP) is 0.786. The normalized spacial score (nSPS) is 12.8. The summed E-state index contributed by atoms with van der Waals surface area (Å²) in [5, 5.41) is 2.53. The molecule has 1 aromatic rings. The van der Waals surface area contributed by atoms with Crippen LogP contribution >= 0.6 is 0 Å². The SMILES string of the molecule is CCC(N)CS(=O)(=O)CC(=O)Nc1cccc(OC)c1. The highest BCUT2D eigenvalue weighted by molar-refractivity contribution is 7.92. The van der Waals surface area contributed by atoms with Crippen LogP contribution in [0.1, 0.15) is 13.3 Å². The van der Waals surface area contributed by atoms with E-state index >= 15 is 0 Å². The first kappa shape index (κ1) is 16.5. The van der Waals surface area contributed by atoms with Crippen LogP contribution in [0.5, 0.6) is 5.75 Å². The first-order chi connectivity index (χ1) is 9.36. The molecule has 1 rings (SSSR count). The first-order valence-electron chi connectivity index (χ1n) is 6.26. The Kier molecular flexibility index (Phi) is 5.97. The van der Waals surface area contributed by atoms with Crippen LogP contribution in [0, 0.1) is 0 Å². The third-order valence-corrected chi connectivity index (χ3v) is 4.33. The molecular formula is C13H20N2O4S. The van der Waals surface area contributed by atoms with Gasteiger partial charge in [0.15, 0.2) is 9.84 Å². The van der Waals surface area contributed by atoms with Gasteiger partial charge in [0, 0.05) is 17.8 Å². The van der Waals surface area contributed by atoms with Crippen LogP contribution in [-0.2, 0) is 14.6 Å². The molecular weight excluding hydrogens is 280 g/mol. The van der Waals surface area contributed by atoms with Gasteiger partial charge in [0.2, 0.25) is 5.91 Å². The Morgan fingerprint density at radius 1 is 1.45 bits per heavy atom. The molecule has 0 aliphatic heterocycles. The van der Waals surface area contributed by atoms with E-state index in [1.165, 1.54) is 7.11 Å². The van der Waals surface area contributed by atoms with Gasteiger partial charge >= 0.3 is 0 Å². The molecule has 1 atom stereocenters. The highest BCUT2D eigenvalue weighted by Crippen LogP contribution is 2.16. The average Bonchev–Trinajstić information content (AvgIpc) is 2.37. The van der Waals surface area contributed by atoms with Gasteiger partial charge in [-0.25, -0.2) is 8.42 Å². The van der Waals surface area contributed by atoms with E-state index in [0.717, 1.165) is 0 Å². The lowest BCUT2D eigenvalue weighted by Crippen LogP contribution is -2.33. The Bertz CT molecular complexity index is 557. The summed E-state index contributed by atoms with van der Waals surface area (Å²) >= 11 is 0. The molecule has 3 N–H and O–H groups in total. The van der Waals surface area contributed by atoms with Crippen molar-refractivity contribution < 1.29 is 17.9 Å². The fraction of sp³-hybridized carbons (Fsp3) is 0.462. The summed E-state index contributed by atoms with van der Waals surface area (Å²) in [6.45, 7) is 1.80. The summed E-state index contributed by atoms with van der Waals surface area (Å²) in [7, 11) is -1.98. The van der Waals surface area contributed by atoms with Gasteiger partial charge in [0.25, 0.3) is 0 Å². The van der Waals surface area contributed by atoms with Crippen LogP contribution < -0.4 is 15.8 Å². The van der Waals surface area contributed by atoms with Gasteiger partial charge in [-0.2, -0.15) is 0 Å². The van der Waals surface area contributed by atoms with Crippen LogP contribution in [0.25, 0.3) is 0 Å². The van der Waals surface area contributed by atoms with Gasteiger partial charge in [-0.3, -0.25) is 4.79 Å². The summed E-state index contributed by atoms with van der Waals surface area (Å²) in [5.41, 5.74) is 6.09. The minimum Gasteiger partial charge on any atom is -0.497 e. The van der Waals surface area contributed by atoms with Crippen molar-refractivity contribution in [2.75, 3.05) is 23.9 Å². The summed E-state index contributed by atoms with van der Waals surface area (Å²) in [6, 6.07) is 6.26. The van der Waals surface area contributed by atoms with Gasteiger partial charge in [-0.1, -0.05) is 13.0 Å². The largest absolute Gasteiger partial charge is 0.497 e. The minimum atomic E-state index is -3.50. The van der Waals surface area contributed by atoms with E-state index in [1.54, 1.807) is 31.2 Å². The number of ether oxygens (including phenoxy) is 1. The van der Waals surface area contributed by atoms with Crippen molar-refractivity contribution >= 4 is 21.4 Å². The molecule has 112 valence electrons. The first-order valence-corrected chi connectivity index (χ1v) is 8.08. The number of anilines is 1. The summed E-state index contributed by atoms with van der Waals surface area (Å²) in [5.74, 6) is -0.757. The second-order valence-electron chi connectivity index (χ2n) is 4.50. The average molecular weight is 300 g/mol. The summed E-state index contributed by atoms with van der Waals surface area (Å²) in [4.78, 5) is 11.7. The van der Waals surface area contributed by atoms with Gasteiger partial charge in [0.05, 0.1) is 12.9 Å².